The number of nitrogens with zero attached hydrogens (tertiary/aromatic N) is 2. The van der Waals surface area contributed by atoms with E-state index in [0.717, 1.165) is 57.3 Å². The first-order valence-corrected chi connectivity index (χ1v) is 13.4. The molecule has 5 rings (SSSR count). The number of benzene rings is 4. The highest BCUT2D eigenvalue weighted by Gasteiger charge is 2.35. The van der Waals surface area contributed by atoms with Crippen LogP contribution in [-0.4, -0.2) is 29.4 Å². The highest BCUT2D eigenvalue weighted by Crippen LogP contribution is 2.35. The Bertz CT molecular complexity index is 1730. The Balaban J connectivity index is 1.38. The Morgan fingerprint density at radius 1 is 0.895 bits per heavy atom. The lowest BCUT2D eigenvalue weighted by atomic mass is 10.1. The Morgan fingerprint density at radius 2 is 1.58 bits per heavy atom. The first-order chi connectivity index (χ1) is 18.2. The number of fused-ring (bicyclic) bond motifs is 1. The first kappa shape index (κ1) is 25.2. The van der Waals surface area contributed by atoms with E-state index in [1.807, 2.05) is 42.5 Å². The van der Waals surface area contributed by atoms with Gasteiger partial charge in [0.1, 0.15) is 10.6 Å². The molecule has 1 heterocycles. The maximum atomic E-state index is 13.1. The number of non-ortho nitro benzene ring substituents is 1. The van der Waals surface area contributed by atoms with Crippen molar-refractivity contribution in [1.82, 2.24) is 4.90 Å². The second kappa shape index (κ2) is 10.1. The minimum absolute atomic E-state index is 0.0628. The molecule has 1 aliphatic rings. The minimum Gasteiger partial charge on any atom is -0.378 e. The van der Waals surface area contributed by atoms with Crippen LogP contribution < -0.4 is 4.18 Å². The highest BCUT2D eigenvalue weighted by molar-refractivity contribution is 8.18. The van der Waals surface area contributed by atoms with Gasteiger partial charge in [0.25, 0.3) is 16.8 Å². The van der Waals surface area contributed by atoms with E-state index in [2.05, 4.69) is 0 Å². The second-order valence-electron chi connectivity index (χ2n) is 8.28. The number of nitro benzene ring substituents is 1. The van der Waals surface area contributed by atoms with Crippen molar-refractivity contribution >= 4 is 55.6 Å². The molecular formula is C27H18N2O7S2. The molecule has 2 amide bonds. The zero-order chi connectivity index (χ0) is 26.9. The molecular weight excluding hydrogens is 528 g/mol. The molecule has 9 nitrogen and oxygen atoms in total. The van der Waals surface area contributed by atoms with E-state index >= 15 is 0 Å². The molecule has 38 heavy (non-hydrogen) atoms. The Hall–Kier alpha value is -4.48. The predicted molar refractivity (Wildman–Crippen MR) is 143 cm³/mol. The summed E-state index contributed by atoms with van der Waals surface area (Å²) in [6.07, 6.45) is 1.41. The molecule has 4 aromatic carbocycles. The van der Waals surface area contributed by atoms with Gasteiger partial charge in [-0.25, -0.2) is 0 Å². The Kier molecular flexibility index (Phi) is 6.70. The summed E-state index contributed by atoms with van der Waals surface area (Å²) in [5.41, 5.74) is 0.808. The minimum atomic E-state index is -4.33. The van der Waals surface area contributed by atoms with Crippen molar-refractivity contribution in [1.29, 1.82) is 0 Å². The maximum absolute atomic E-state index is 13.1. The molecule has 0 spiro atoms. The van der Waals surface area contributed by atoms with E-state index < -0.39 is 26.2 Å². The number of para-hydroxylation sites is 1. The standard InChI is InChI=1S/C27H18N2O7S2/c30-26-25(37-27(31)28(26)17-18-9-10-19-5-1-2-6-20(19)15-18)16-21-7-3-4-8-24(21)36-38(34,35)23-13-11-22(12-14-23)29(32)33/h1-16H,17H2/b25-16-. The van der Waals surface area contributed by atoms with E-state index in [1.165, 1.54) is 12.1 Å². The number of amides is 2. The van der Waals surface area contributed by atoms with Gasteiger partial charge in [0.05, 0.1) is 16.4 Å². The average molecular weight is 547 g/mol. The lowest BCUT2D eigenvalue weighted by Crippen LogP contribution is -2.27. The third kappa shape index (κ3) is 5.15. The molecule has 0 atom stereocenters. The third-order valence-corrected chi connectivity index (χ3v) is 7.93. The number of imide groups is 1. The maximum Gasteiger partial charge on any atom is 0.339 e. The first-order valence-electron chi connectivity index (χ1n) is 11.2. The van der Waals surface area contributed by atoms with Gasteiger partial charge in [0, 0.05) is 17.7 Å². The van der Waals surface area contributed by atoms with Crippen molar-refractivity contribution in [2.24, 2.45) is 0 Å². The van der Waals surface area contributed by atoms with Crippen LogP contribution in [-0.2, 0) is 21.5 Å². The van der Waals surface area contributed by atoms with E-state index in [4.69, 9.17) is 4.18 Å². The molecule has 11 heteroatoms. The van der Waals surface area contributed by atoms with Crippen LogP contribution in [0.2, 0.25) is 0 Å². The van der Waals surface area contributed by atoms with E-state index in [0.29, 0.717) is 0 Å². The van der Waals surface area contributed by atoms with Gasteiger partial charge in [-0.2, -0.15) is 8.42 Å². The van der Waals surface area contributed by atoms with E-state index in [-0.39, 0.29) is 33.3 Å². The van der Waals surface area contributed by atoms with Gasteiger partial charge in [-0.1, -0.05) is 54.6 Å². The topological polar surface area (TPSA) is 124 Å². The molecule has 0 saturated carbocycles. The van der Waals surface area contributed by atoms with Crippen LogP contribution in [0.4, 0.5) is 10.5 Å². The van der Waals surface area contributed by atoms with Gasteiger partial charge in [-0.05, 0) is 58.4 Å². The summed E-state index contributed by atoms with van der Waals surface area (Å²) in [7, 11) is -4.33. The van der Waals surface area contributed by atoms with Crippen LogP contribution in [0, 0.1) is 10.1 Å². The molecule has 0 unspecified atom stereocenters. The number of hydrogen-bond acceptors (Lipinski definition) is 8. The summed E-state index contributed by atoms with van der Waals surface area (Å²) in [6.45, 7) is 0.0967. The fourth-order valence-corrected chi connectivity index (χ4v) is 5.66. The smallest absolute Gasteiger partial charge is 0.339 e. The zero-order valence-corrected chi connectivity index (χ0v) is 21.1. The fraction of sp³-hybridized carbons (Fsp3) is 0.0370. The summed E-state index contributed by atoms with van der Waals surface area (Å²) < 4.78 is 30.9. The van der Waals surface area contributed by atoms with Gasteiger partial charge in [0.2, 0.25) is 0 Å². The van der Waals surface area contributed by atoms with Crippen LogP contribution >= 0.6 is 11.8 Å². The summed E-state index contributed by atoms with van der Waals surface area (Å²) >= 11 is 0.757. The van der Waals surface area contributed by atoms with Crippen LogP contribution in [0.25, 0.3) is 16.8 Å². The average Bonchev–Trinajstić information content (AvgIpc) is 3.17. The molecule has 0 aromatic heterocycles. The second-order valence-corrected chi connectivity index (χ2v) is 10.8. The molecule has 4 aromatic rings. The summed E-state index contributed by atoms with van der Waals surface area (Å²) in [4.78, 5) is 37.0. The lowest BCUT2D eigenvalue weighted by Gasteiger charge is -2.13. The molecule has 1 saturated heterocycles. The fourth-order valence-electron chi connectivity index (χ4n) is 3.87. The number of thioether (sulfide) groups is 1. The van der Waals surface area contributed by atoms with Crippen molar-refractivity contribution in [3.8, 4) is 5.75 Å². The van der Waals surface area contributed by atoms with Gasteiger partial charge in [0.15, 0.2) is 0 Å². The van der Waals surface area contributed by atoms with Crippen LogP contribution in [0.3, 0.4) is 0 Å². The largest absolute Gasteiger partial charge is 0.378 e. The normalized spacial score (nSPS) is 14.8. The van der Waals surface area contributed by atoms with Crippen molar-refractivity contribution < 1.29 is 27.1 Å². The molecule has 0 aliphatic carbocycles. The molecule has 0 N–H and O–H groups in total. The molecule has 1 aliphatic heterocycles. The SMILES string of the molecule is O=C1S/C(=C\c2ccccc2OS(=O)(=O)c2ccc([N+](=O)[O-])cc2)C(=O)N1Cc1ccc2ccccc2c1. The third-order valence-electron chi connectivity index (χ3n) is 5.77. The van der Waals surface area contributed by atoms with Gasteiger partial charge in [-0.15, -0.1) is 0 Å². The Labute approximate surface area is 221 Å². The summed E-state index contributed by atoms with van der Waals surface area (Å²) in [6, 6.07) is 23.9. The summed E-state index contributed by atoms with van der Waals surface area (Å²) in [5.74, 6) is -0.562. The van der Waals surface area contributed by atoms with Crippen molar-refractivity contribution in [2.75, 3.05) is 0 Å². The van der Waals surface area contributed by atoms with Gasteiger partial charge < -0.3 is 4.18 Å². The van der Waals surface area contributed by atoms with E-state index in [9.17, 15) is 28.1 Å². The van der Waals surface area contributed by atoms with Gasteiger partial charge >= 0.3 is 10.1 Å². The monoisotopic (exact) mass is 546 g/mol. The van der Waals surface area contributed by atoms with Crippen molar-refractivity contribution in [2.45, 2.75) is 11.4 Å². The van der Waals surface area contributed by atoms with Gasteiger partial charge in [-0.3, -0.25) is 24.6 Å². The highest BCUT2D eigenvalue weighted by atomic mass is 32.2. The van der Waals surface area contributed by atoms with Crippen molar-refractivity contribution in [3.05, 3.63) is 117 Å². The lowest BCUT2D eigenvalue weighted by molar-refractivity contribution is -0.384. The van der Waals surface area contributed by atoms with E-state index in [1.54, 1.807) is 18.2 Å². The van der Waals surface area contributed by atoms with Crippen LogP contribution in [0.5, 0.6) is 5.75 Å². The Morgan fingerprint density at radius 3 is 2.32 bits per heavy atom. The predicted octanol–water partition coefficient (Wildman–Crippen LogP) is 5.75. The number of rotatable bonds is 7. The summed E-state index contributed by atoms with van der Waals surface area (Å²) in [5, 5.41) is 12.5. The molecule has 1 fully saturated rings. The number of carbonyl (C=O) groups is 2. The van der Waals surface area contributed by atoms with Crippen LogP contribution in [0.15, 0.2) is 101 Å². The quantitative estimate of drug-likeness (QED) is 0.124. The molecule has 0 bridgehead atoms. The van der Waals surface area contributed by atoms with Crippen molar-refractivity contribution in [3.63, 3.8) is 0 Å². The number of hydrogen-bond donors (Lipinski definition) is 0. The molecule has 0 radical (unpaired) electrons. The number of nitro groups is 1. The van der Waals surface area contributed by atoms with Crippen LogP contribution in [0.1, 0.15) is 11.1 Å². The zero-order valence-electron chi connectivity index (χ0n) is 19.5. The molecule has 190 valence electrons. The number of carbonyl (C=O) groups excluding carboxylic acids is 2.